The minimum atomic E-state index is -0.0998. The number of pyridine rings is 2. The Morgan fingerprint density at radius 1 is 1.11 bits per heavy atom. The smallest absolute Gasteiger partial charge is 0.252 e. The van der Waals surface area contributed by atoms with Gasteiger partial charge in [-0.15, -0.1) is 11.3 Å². The molecule has 0 aliphatic heterocycles. The lowest BCUT2D eigenvalue weighted by Gasteiger charge is -2.10. The Balaban J connectivity index is 1.62. The molecule has 0 aliphatic rings. The van der Waals surface area contributed by atoms with Gasteiger partial charge in [-0.25, -0.2) is 9.97 Å². The number of rotatable bonds is 5. The average molecular weight is 374 g/mol. The van der Waals surface area contributed by atoms with Crippen molar-refractivity contribution >= 4 is 28.1 Å². The minimum Gasteiger partial charge on any atom is -0.352 e. The highest BCUT2D eigenvalue weighted by Crippen LogP contribution is 2.24. The van der Waals surface area contributed by atoms with Crippen LogP contribution in [0.1, 0.15) is 21.1 Å². The number of fused-ring (bicyclic) bond motifs is 1. The third kappa shape index (κ3) is 3.85. The van der Waals surface area contributed by atoms with Crippen molar-refractivity contribution in [1.82, 2.24) is 20.3 Å². The second-order valence-electron chi connectivity index (χ2n) is 6.20. The van der Waals surface area contributed by atoms with Crippen molar-refractivity contribution in [2.24, 2.45) is 0 Å². The number of nitrogens with zero attached hydrogens (tertiary/aromatic N) is 3. The molecule has 4 aromatic rings. The molecule has 0 saturated carbocycles. The van der Waals surface area contributed by atoms with Crippen molar-refractivity contribution in [2.45, 2.75) is 13.3 Å². The summed E-state index contributed by atoms with van der Waals surface area (Å²) >= 11 is 1.62. The lowest BCUT2D eigenvalue weighted by molar-refractivity contribution is 0.0956. The summed E-state index contributed by atoms with van der Waals surface area (Å²) in [4.78, 5) is 26.1. The normalized spacial score (nSPS) is 10.9. The standard InChI is InChI=1S/C21H18N4OS/c1-14-13-27-20(24-14)8-11-23-21(26)17-12-19(15-6-9-22-10-7-15)25-18-5-3-2-4-16(17)18/h2-7,9-10,12-13H,8,11H2,1H3,(H,23,26). The number of hydrogen-bond acceptors (Lipinski definition) is 5. The van der Waals surface area contributed by atoms with E-state index in [1.54, 1.807) is 23.7 Å². The van der Waals surface area contributed by atoms with Crippen LogP contribution in [0.25, 0.3) is 22.2 Å². The SMILES string of the molecule is Cc1csc(CCNC(=O)c2cc(-c3ccncc3)nc3ccccc23)n1. The van der Waals surface area contributed by atoms with E-state index in [0.29, 0.717) is 12.1 Å². The number of thiazole rings is 1. The van der Waals surface area contributed by atoms with Crippen LogP contribution in [0.4, 0.5) is 0 Å². The third-order valence-electron chi connectivity index (χ3n) is 4.23. The Morgan fingerprint density at radius 2 is 1.93 bits per heavy atom. The molecular formula is C21H18N4OS. The van der Waals surface area contributed by atoms with Crippen LogP contribution in [0.15, 0.2) is 60.2 Å². The predicted octanol–water partition coefficient (Wildman–Crippen LogP) is 4.03. The summed E-state index contributed by atoms with van der Waals surface area (Å²) in [6.07, 6.45) is 4.18. The molecule has 0 fully saturated rings. The van der Waals surface area contributed by atoms with Crippen molar-refractivity contribution in [1.29, 1.82) is 0 Å². The first-order valence-corrected chi connectivity index (χ1v) is 9.58. The van der Waals surface area contributed by atoms with E-state index < -0.39 is 0 Å². The number of para-hydroxylation sites is 1. The maximum Gasteiger partial charge on any atom is 0.252 e. The number of aromatic nitrogens is 3. The van der Waals surface area contributed by atoms with Gasteiger partial charge in [-0.3, -0.25) is 9.78 Å². The topological polar surface area (TPSA) is 67.8 Å². The number of aryl methyl sites for hydroxylation is 1. The van der Waals surface area contributed by atoms with Gasteiger partial charge in [0.1, 0.15) is 0 Å². The van der Waals surface area contributed by atoms with E-state index in [9.17, 15) is 4.79 Å². The summed E-state index contributed by atoms with van der Waals surface area (Å²) in [7, 11) is 0. The summed E-state index contributed by atoms with van der Waals surface area (Å²) in [5.41, 5.74) is 4.14. The van der Waals surface area contributed by atoms with E-state index >= 15 is 0 Å². The Labute approximate surface area is 161 Å². The fourth-order valence-corrected chi connectivity index (χ4v) is 3.71. The largest absolute Gasteiger partial charge is 0.352 e. The molecule has 3 heterocycles. The number of benzene rings is 1. The molecule has 0 radical (unpaired) electrons. The molecule has 0 unspecified atom stereocenters. The van der Waals surface area contributed by atoms with Gasteiger partial charge in [-0.2, -0.15) is 0 Å². The van der Waals surface area contributed by atoms with E-state index in [2.05, 4.69) is 15.3 Å². The number of hydrogen-bond donors (Lipinski definition) is 1. The van der Waals surface area contributed by atoms with Crippen LogP contribution in [-0.2, 0) is 6.42 Å². The maximum absolute atomic E-state index is 12.9. The molecule has 1 amide bonds. The molecule has 6 heteroatoms. The minimum absolute atomic E-state index is 0.0998. The lowest BCUT2D eigenvalue weighted by atomic mass is 10.0. The summed E-state index contributed by atoms with van der Waals surface area (Å²) in [5.74, 6) is -0.0998. The third-order valence-corrected chi connectivity index (χ3v) is 5.25. The molecule has 0 atom stereocenters. The first kappa shape index (κ1) is 17.3. The zero-order chi connectivity index (χ0) is 18.6. The van der Waals surface area contributed by atoms with Crippen LogP contribution in [-0.4, -0.2) is 27.4 Å². The van der Waals surface area contributed by atoms with Gasteiger partial charge in [-0.1, -0.05) is 18.2 Å². The first-order chi connectivity index (χ1) is 13.2. The molecule has 4 rings (SSSR count). The highest BCUT2D eigenvalue weighted by Gasteiger charge is 2.14. The van der Waals surface area contributed by atoms with E-state index in [-0.39, 0.29) is 5.91 Å². The Kier molecular flexibility index (Phi) is 4.89. The molecule has 0 saturated heterocycles. The monoisotopic (exact) mass is 374 g/mol. The van der Waals surface area contributed by atoms with Crippen molar-refractivity contribution < 1.29 is 4.79 Å². The summed E-state index contributed by atoms with van der Waals surface area (Å²) in [6.45, 7) is 2.52. The molecule has 0 spiro atoms. The molecule has 27 heavy (non-hydrogen) atoms. The highest BCUT2D eigenvalue weighted by atomic mass is 32.1. The zero-order valence-electron chi connectivity index (χ0n) is 14.8. The van der Waals surface area contributed by atoms with Crippen molar-refractivity contribution in [2.75, 3.05) is 6.54 Å². The Bertz CT molecular complexity index is 1090. The lowest BCUT2D eigenvalue weighted by Crippen LogP contribution is -2.26. The van der Waals surface area contributed by atoms with Crippen molar-refractivity contribution in [3.63, 3.8) is 0 Å². The van der Waals surface area contributed by atoms with Gasteiger partial charge in [0.25, 0.3) is 5.91 Å². The maximum atomic E-state index is 12.9. The molecule has 0 bridgehead atoms. The van der Waals surface area contributed by atoms with Gasteiger partial charge >= 0.3 is 0 Å². The number of amides is 1. The van der Waals surface area contributed by atoms with Gasteiger partial charge < -0.3 is 5.32 Å². The fraction of sp³-hybridized carbons (Fsp3) is 0.143. The van der Waals surface area contributed by atoms with E-state index in [1.807, 2.05) is 54.8 Å². The van der Waals surface area contributed by atoms with Crippen LogP contribution in [0.2, 0.25) is 0 Å². The average Bonchev–Trinajstić information content (AvgIpc) is 3.12. The summed E-state index contributed by atoms with van der Waals surface area (Å²) in [6, 6.07) is 13.3. The van der Waals surface area contributed by atoms with Gasteiger partial charge in [0, 0.05) is 47.4 Å². The molecular weight excluding hydrogens is 356 g/mol. The highest BCUT2D eigenvalue weighted by molar-refractivity contribution is 7.09. The molecule has 1 aromatic carbocycles. The van der Waals surface area contributed by atoms with Crippen LogP contribution in [0, 0.1) is 6.92 Å². The molecule has 3 aromatic heterocycles. The van der Waals surface area contributed by atoms with E-state index in [0.717, 1.165) is 39.3 Å². The molecule has 1 N–H and O–H groups in total. The number of carbonyl (C=O) groups is 1. The second-order valence-corrected chi connectivity index (χ2v) is 7.14. The molecule has 5 nitrogen and oxygen atoms in total. The van der Waals surface area contributed by atoms with Crippen molar-refractivity contribution in [3.8, 4) is 11.3 Å². The van der Waals surface area contributed by atoms with Crippen LogP contribution < -0.4 is 5.32 Å². The quantitative estimate of drug-likeness (QED) is 0.573. The first-order valence-electron chi connectivity index (χ1n) is 8.70. The van der Waals surface area contributed by atoms with Crippen LogP contribution in [0.5, 0.6) is 0 Å². The Hall–Kier alpha value is -3.12. The van der Waals surface area contributed by atoms with Crippen LogP contribution in [0.3, 0.4) is 0 Å². The van der Waals surface area contributed by atoms with Gasteiger partial charge in [0.05, 0.1) is 21.8 Å². The van der Waals surface area contributed by atoms with Gasteiger partial charge in [-0.05, 0) is 31.2 Å². The number of carbonyl (C=O) groups excluding carboxylic acids is 1. The predicted molar refractivity (Wildman–Crippen MR) is 108 cm³/mol. The van der Waals surface area contributed by atoms with E-state index in [4.69, 9.17) is 4.98 Å². The molecule has 134 valence electrons. The number of nitrogens with one attached hydrogen (secondary N) is 1. The molecule has 0 aliphatic carbocycles. The van der Waals surface area contributed by atoms with Crippen molar-refractivity contribution in [3.05, 3.63) is 76.5 Å². The Morgan fingerprint density at radius 3 is 2.70 bits per heavy atom. The summed E-state index contributed by atoms with van der Waals surface area (Å²) in [5, 5.41) is 6.92. The fourth-order valence-electron chi connectivity index (χ4n) is 2.93. The van der Waals surface area contributed by atoms with Gasteiger partial charge in [0.15, 0.2) is 0 Å². The van der Waals surface area contributed by atoms with Gasteiger partial charge in [0.2, 0.25) is 0 Å². The summed E-state index contributed by atoms with van der Waals surface area (Å²) < 4.78 is 0. The second kappa shape index (κ2) is 7.63. The zero-order valence-corrected chi connectivity index (χ0v) is 15.7. The van der Waals surface area contributed by atoms with Crippen LogP contribution >= 0.6 is 11.3 Å². The van der Waals surface area contributed by atoms with E-state index in [1.165, 1.54) is 0 Å².